The maximum atomic E-state index is 13.2. The molecular formula is C21H24Cl3N3O6. The van der Waals surface area contributed by atoms with Crippen LogP contribution in [0.4, 0.5) is 0 Å². The number of carbonyl (C=O) groups is 4. The molecule has 12 heteroatoms. The predicted octanol–water partition coefficient (Wildman–Crippen LogP) is 2.71. The number of carboxylic acids is 1. The van der Waals surface area contributed by atoms with Crippen molar-refractivity contribution in [3.63, 3.8) is 0 Å². The van der Waals surface area contributed by atoms with E-state index in [9.17, 15) is 24.3 Å². The summed E-state index contributed by atoms with van der Waals surface area (Å²) in [5.41, 5.74) is -1.57. The Morgan fingerprint density at radius 3 is 2.33 bits per heavy atom. The molecule has 4 unspecified atom stereocenters. The Labute approximate surface area is 206 Å². The molecule has 1 saturated heterocycles. The number of rotatable bonds is 10. The van der Waals surface area contributed by atoms with Crippen LogP contribution in [-0.2, 0) is 24.0 Å². The van der Waals surface area contributed by atoms with Gasteiger partial charge in [0, 0.05) is 10.9 Å². The van der Waals surface area contributed by atoms with Gasteiger partial charge in [-0.15, -0.1) is 11.6 Å². The number of β-lactam (4-membered cyclic amide) rings is 1. The van der Waals surface area contributed by atoms with Gasteiger partial charge in [-0.1, -0.05) is 41.9 Å². The second-order valence-electron chi connectivity index (χ2n) is 8.26. The van der Waals surface area contributed by atoms with Crippen molar-refractivity contribution in [3.05, 3.63) is 47.0 Å². The number of carboxylic acid groups (broad SMARTS) is 1. The minimum absolute atomic E-state index is 0.0673. The van der Waals surface area contributed by atoms with Crippen LogP contribution in [0.1, 0.15) is 32.4 Å². The normalized spacial score (nSPS) is 19.8. The van der Waals surface area contributed by atoms with Crippen molar-refractivity contribution < 1.29 is 29.1 Å². The number of hydrogen-bond donors (Lipinski definition) is 2. The van der Waals surface area contributed by atoms with Crippen LogP contribution in [0.15, 0.2) is 36.4 Å². The third-order valence-electron chi connectivity index (χ3n) is 4.60. The summed E-state index contributed by atoms with van der Waals surface area (Å²) in [6.07, 6.45) is 0.349. The average Bonchev–Trinajstić information content (AvgIpc) is 2.74. The molecule has 1 aromatic rings. The molecule has 1 fully saturated rings. The Kier molecular flexibility index (Phi) is 8.75. The summed E-state index contributed by atoms with van der Waals surface area (Å²) >= 11 is 17.9. The van der Waals surface area contributed by atoms with Crippen molar-refractivity contribution in [3.8, 4) is 0 Å². The van der Waals surface area contributed by atoms with Gasteiger partial charge in [0.25, 0.3) is 11.8 Å². The number of hydrogen-bond acceptors (Lipinski definition) is 5. The van der Waals surface area contributed by atoms with Gasteiger partial charge in [-0.3, -0.25) is 19.2 Å². The van der Waals surface area contributed by atoms with E-state index in [1.807, 2.05) is 0 Å². The second-order valence-corrected chi connectivity index (χ2v) is 9.41. The van der Waals surface area contributed by atoms with Gasteiger partial charge in [0.2, 0.25) is 6.41 Å². The van der Waals surface area contributed by atoms with E-state index in [0.29, 0.717) is 17.0 Å². The van der Waals surface area contributed by atoms with Gasteiger partial charge in [0.15, 0.2) is 12.1 Å². The van der Waals surface area contributed by atoms with Crippen LogP contribution in [0.25, 0.3) is 0 Å². The van der Waals surface area contributed by atoms with Crippen LogP contribution >= 0.6 is 34.8 Å². The molecule has 0 bridgehead atoms. The standard InChI is InChI=1S/C21H24Cl3N3O6/c1-11(9-22)15(20(31)32)27-17(24)14(19(27)30)25-18(29)16(12-5-7-13(23)8-6-12)26(10-28)33-21(2,3)4/h5-8,10,14-17H,1,9H2,2-4H3,(H,25,29)(H,31,32). The Morgan fingerprint density at radius 2 is 1.91 bits per heavy atom. The third kappa shape index (κ3) is 6.17. The third-order valence-corrected chi connectivity index (χ3v) is 5.66. The number of likely N-dealkylation sites (tertiary alicyclic amines) is 1. The summed E-state index contributed by atoms with van der Waals surface area (Å²) in [5, 5.41) is 13.2. The van der Waals surface area contributed by atoms with Crippen LogP contribution in [-0.4, -0.2) is 68.3 Å². The molecule has 1 aliphatic rings. The summed E-state index contributed by atoms with van der Waals surface area (Å²) in [4.78, 5) is 55.8. The molecule has 0 spiro atoms. The van der Waals surface area contributed by atoms with Crippen molar-refractivity contribution >= 4 is 59.0 Å². The molecule has 2 rings (SSSR count). The molecule has 180 valence electrons. The molecule has 1 aliphatic heterocycles. The quantitative estimate of drug-likeness (QED) is 0.122. The molecule has 33 heavy (non-hydrogen) atoms. The highest BCUT2D eigenvalue weighted by molar-refractivity contribution is 6.30. The highest BCUT2D eigenvalue weighted by Crippen LogP contribution is 2.31. The Morgan fingerprint density at radius 1 is 1.33 bits per heavy atom. The number of carbonyl (C=O) groups excluding carboxylic acids is 3. The zero-order valence-corrected chi connectivity index (χ0v) is 20.4. The van der Waals surface area contributed by atoms with Crippen LogP contribution in [0.3, 0.4) is 0 Å². The molecule has 4 atom stereocenters. The van der Waals surface area contributed by atoms with Crippen LogP contribution in [0.5, 0.6) is 0 Å². The Bertz CT molecular complexity index is 934. The first-order valence-corrected chi connectivity index (χ1v) is 11.1. The topological polar surface area (TPSA) is 116 Å². The molecule has 1 aromatic carbocycles. The number of halogens is 3. The van der Waals surface area contributed by atoms with E-state index in [2.05, 4.69) is 11.9 Å². The number of hydroxylamine groups is 2. The van der Waals surface area contributed by atoms with E-state index in [0.717, 1.165) is 9.96 Å². The summed E-state index contributed by atoms with van der Waals surface area (Å²) in [6, 6.07) is 2.19. The van der Waals surface area contributed by atoms with Gasteiger partial charge in [0.1, 0.15) is 11.5 Å². The first-order chi connectivity index (χ1) is 15.3. The predicted molar refractivity (Wildman–Crippen MR) is 123 cm³/mol. The van der Waals surface area contributed by atoms with Gasteiger partial charge < -0.3 is 15.3 Å². The van der Waals surface area contributed by atoms with Crippen molar-refractivity contribution in [2.24, 2.45) is 0 Å². The first-order valence-electron chi connectivity index (χ1n) is 9.73. The molecule has 0 saturated carbocycles. The molecule has 2 N–H and O–H groups in total. The SMILES string of the molecule is C=C(CCl)C(C(=O)O)N1C(=O)C(NC(=O)C(c2ccc(Cl)cc2)N(C=O)OC(C)(C)C)C1Cl. The van der Waals surface area contributed by atoms with E-state index in [4.69, 9.17) is 39.6 Å². The number of aliphatic carboxylic acids is 1. The zero-order chi connectivity index (χ0) is 25.1. The van der Waals surface area contributed by atoms with Crippen molar-refractivity contribution in [2.45, 2.75) is 50.0 Å². The van der Waals surface area contributed by atoms with Crippen LogP contribution in [0, 0.1) is 0 Å². The lowest BCUT2D eigenvalue weighted by Gasteiger charge is -2.47. The van der Waals surface area contributed by atoms with Gasteiger partial charge in [0.05, 0.1) is 5.60 Å². The Hall–Kier alpha value is -2.33. The molecule has 3 amide bonds. The summed E-state index contributed by atoms with van der Waals surface area (Å²) in [5.74, 6) is -3.04. The maximum Gasteiger partial charge on any atom is 0.330 e. The number of nitrogens with one attached hydrogen (secondary N) is 1. The molecule has 0 aliphatic carbocycles. The number of benzene rings is 1. The van der Waals surface area contributed by atoms with Crippen molar-refractivity contribution in [2.75, 3.05) is 5.88 Å². The number of nitrogens with zero attached hydrogens (tertiary/aromatic N) is 2. The monoisotopic (exact) mass is 519 g/mol. The molecular weight excluding hydrogens is 497 g/mol. The fourth-order valence-corrected chi connectivity index (χ4v) is 3.84. The first kappa shape index (κ1) is 26.9. The van der Waals surface area contributed by atoms with Crippen molar-refractivity contribution in [1.29, 1.82) is 0 Å². The van der Waals surface area contributed by atoms with Crippen molar-refractivity contribution in [1.82, 2.24) is 15.3 Å². The molecule has 1 heterocycles. The maximum absolute atomic E-state index is 13.2. The fraction of sp³-hybridized carbons (Fsp3) is 0.429. The van der Waals surface area contributed by atoms with Gasteiger partial charge >= 0.3 is 5.97 Å². The van der Waals surface area contributed by atoms with E-state index >= 15 is 0 Å². The zero-order valence-electron chi connectivity index (χ0n) is 18.1. The molecule has 0 aromatic heterocycles. The number of alkyl halides is 2. The lowest BCUT2D eigenvalue weighted by molar-refractivity contribution is -0.232. The minimum atomic E-state index is -1.44. The summed E-state index contributed by atoms with van der Waals surface area (Å²) in [7, 11) is 0. The van der Waals surface area contributed by atoms with Gasteiger partial charge in [-0.25, -0.2) is 9.86 Å². The highest BCUT2D eigenvalue weighted by Gasteiger charge is 2.53. The lowest BCUT2D eigenvalue weighted by atomic mass is 9.98. The average molecular weight is 521 g/mol. The van der Waals surface area contributed by atoms with E-state index in [-0.39, 0.29) is 11.5 Å². The Balaban J connectivity index is 2.30. The minimum Gasteiger partial charge on any atom is -0.479 e. The lowest BCUT2D eigenvalue weighted by Crippen LogP contribution is -2.72. The van der Waals surface area contributed by atoms with E-state index < -0.39 is 47.0 Å². The fourth-order valence-electron chi connectivity index (χ4n) is 3.18. The van der Waals surface area contributed by atoms with Crippen LogP contribution in [0.2, 0.25) is 5.02 Å². The second kappa shape index (κ2) is 10.7. The van der Waals surface area contributed by atoms with E-state index in [1.54, 1.807) is 20.8 Å². The smallest absolute Gasteiger partial charge is 0.330 e. The summed E-state index contributed by atoms with van der Waals surface area (Å²) in [6.45, 7) is 8.65. The summed E-state index contributed by atoms with van der Waals surface area (Å²) < 4.78 is 0. The van der Waals surface area contributed by atoms with Crippen LogP contribution < -0.4 is 5.32 Å². The molecule has 0 radical (unpaired) electrons. The number of amides is 3. The molecule has 9 nitrogen and oxygen atoms in total. The van der Waals surface area contributed by atoms with Gasteiger partial charge in [-0.2, -0.15) is 0 Å². The van der Waals surface area contributed by atoms with E-state index in [1.165, 1.54) is 24.3 Å². The van der Waals surface area contributed by atoms with Gasteiger partial charge in [-0.05, 0) is 44.0 Å². The largest absolute Gasteiger partial charge is 0.479 e. The highest BCUT2D eigenvalue weighted by atomic mass is 35.5.